The Morgan fingerprint density at radius 2 is 2.42 bits per heavy atom. The lowest BCUT2D eigenvalue weighted by Gasteiger charge is -2.00. The topological polar surface area (TPSA) is 71.5 Å². The Labute approximate surface area is 69.8 Å². The second-order valence-electron chi connectivity index (χ2n) is 2.00. The number of aromatic nitrogens is 1. The van der Waals surface area contributed by atoms with E-state index >= 15 is 0 Å². The number of carbonyl (C=O) groups is 1. The highest BCUT2D eigenvalue weighted by molar-refractivity contribution is 6.03. The van der Waals surface area contributed by atoms with Gasteiger partial charge in [0.15, 0.2) is 0 Å². The molecule has 0 amide bonds. The number of nitrogens with one attached hydrogen (secondary N) is 1. The Hall–Kier alpha value is -1.56. The highest BCUT2D eigenvalue weighted by atomic mass is 16.6. The maximum Gasteiger partial charge on any atom is 0.337 e. The van der Waals surface area contributed by atoms with Crippen LogP contribution in [0.2, 0.25) is 0 Å². The molecule has 5 nitrogen and oxygen atoms in total. The first-order valence-electron chi connectivity index (χ1n) is 3.27. The fourth-order valence-corrected chi connectivity index (χ4v) is 0.672. The Morgan fingerprint density at radius 1 is 1.67 bits per heavy atom. The standard InChI is InChI=1S/C6H7BN2O3/c7-9-12-5-2-1-4(3-8-5)6(10)11/h1-3,9H,7H2,(H,10,11). The van der Waals surface area contributed by atoms with Crippen LogP contribution < -0.4 is 10.2 Å². The molecule has 0 atom stereocenters. The third-order valence-corrected chi connectivity index (χ3v) is 1.19. The zero-order valence-electron chi connectivity index (χ0n) is 6.44. The monoisotopic (exact) mass is 166 g/mol. The molecule has 0 aliphatic rings. The van der Waals surface area contributed by atoms with Gasteiger partial charge in [-0.3, -0.25) is 0 Å². The van der Waals surface area contributed by atoms with Crippen LogP contribution in [0.25, 0.3) is 0 Å². The molecular formula is C6H7BN2O3. The van der Waals surface area contributed by atoms with Crippen molar-refractivity contribution < 1.29 is 14.7 Å². The number of hydrogen-bond donors (Lipinski definition) is 2. The molecule has 0 aliphatic carbocycles. The molecule has 0 bridgehead atoms. The van der Waals surface area contributed by atoms with Crippen LogP contribution in [0.4, 0.5) is 0 Å². The number of hydrogen-bond acceptors (Lipinski definition) is 4. The number of pyridine rings is 1. The molecule has 0 spiro atoms. The lowest BCUT2D eigenvalue weighted by molar-refractivity contribution is 0.0696. The average molecular weight is 166 g/mol. The zero-order chi connectivity index (χ0) is 8.97. The van der Waals surface area contributed by atoms with E-state index in [0.717, 1.165) is 0 Å². The second-order valence-corrected chi connectivity index (χ2v) is 2.00. The number of carboxylic acid groups (broad SMARTS) is 1. The van der Waals surface area contributed by atoms with Crippen molar-refractivity contribution >= 4 is 14.0 Å². The predicted octanol–water partition coefficient (Wildman–Crippen LogP) is -0.789. The van der Waals surface area contributed by atoms with Crippen LogP contribution in [0, 0.1) is 0 Å². The SMILES string of the molecule is BNOc1ccc(C(=O)O)cn1. The number of nitrogens with zero attached hydrogens (tertiary/aromatic N) is 1. The zero-order valence-corrected chi connectivity index (χ0v) is 6.44. The van der Waals surface area contributed by atoms with Gasteiger partial charge in [-0.05, 0) is 6.07 Å². The van der Waals surface area contributed by atoms with Gasteiger partial charge >= 0.3 is 5.97 Å². The van der Waals surface area contributed by atoms with Crippen molar-refractivity contribution in [3.63, 3.8) is 0 Å². The Balaban J connectivity index is 2.78. The first-order chi connectivity index (χ1) is 5.74. The Morgan fingerprint density at radius 3 is 2.83 bits per heavy atom. The van der Waals surface area contributed by atoms with Crippen LogP contribution in [0.5, 0.6) is 5.88 Å². The summed E-state index contributed by atoms with van der Waals surface area (Å²) in [6, 6.07) is 2.89. The fraction of sp³-hybridized carbons (Fsp3) is 0. The molecule has 1 heterocycles. The van der Waals surface area contributed by atoms with Gasteiger partial charge in [0.2, 0.25) is 13.9 Å². The van der Waals surface area contributed by atoms with E-state index in [-0.39, 0.29) is 5.56 Å². The normalized spacial score (nSPS) is 9.33. The minimum atomic E-state index is -1.00. The summed E-state index contributed by atoms with van der Waals surface area (Å²) in [5.41, 5.74) is 0.137. The molecule has 0 aromatic carbocycles. The molecule has 12 heavy (non-hydrogen) atoms. The van der Waals surface area contributed by atoms with E-state index in [1.165, 1.54) is 18.3 Å². The molecule has 0 saturated heterocycles. The van der Waals surface area contributed by atoms with E-state index in [9.17, 15) is 4.79 Å². The molecule has 1 aromatic heterocycles. The molecule has 0 fully saturated rings. The van der Waals surface area contributed by atoms with Crippen molar-refractivity contribution in [1.82, 2.24) is 10.4 Å². The lowest BCUT2D eigenvalue weighted by atomic mass is 10.3. The van der Waals surface area contributed by atoms with Gasteiger partial charge in [0.25, 0.3) is 0 Å². The molecule has 2 N–H and O–H groups in total. The van der Waals surface area contributed by atoms with Gasteiger partial charge in [0, 0.05) is 12.3 Å². The molecule has 0 saturated carbocycles. The lowest BCUT2D eigenvalue weighted by Crippen LogP contribution is -2.14. The van der Waals surface area contributed by atoms with Gasteiger partial charge < -0.3 is 9.94 Å². The van der Waals surface area contributed by atoms with Crippen LogP contribution in [0.1, 0.15) is 10.4 Å². The van der Waals surface area contributed by atoms with E-state index in [1.54, 1.807) is 7.98 Å². The molecular weight excluding hydrogens is 159 g/mol. The van der Waals surface area contributed by atoms with E-state index in [2.05, 4.69) is 10.4 Å². The molecule has 1 rings (SSSR count). The Bertz CT molecular complexity index is 275. The summed E-state index contributed by atoms with van der Waals surface area (Å²) in [5, 5.41) is 10.9. The van der Waals surface area contributed by atoms with Crippen molar-refractivity contribution in [1.29, 1.82) is 0 Å². The van der Waals surface area contributed by atoms with Gasteiger partial charge in [-0.15, -0.1) is 0 Å². The molecule has 1 aromatic rings. The quantitative estimate of drug-likeness (QED) is 0.454. The summed E-state index contributed by atoms with van der Waals surface area (Å²) in [6.45, 7) is 0. The summed E-state index contributed by atoms with van der Waals surface area (Å²) in [7, 11) is 1.59. The van der Waals surface area contributed by atoms with Crippen molar-refractivity contribution in [3.05, 3.63) is 23.9 Å². The van der Waals surface area contributed by atoms with Crippen LogP contribution in [0.15, 0.2) is 18.3 Å². The third-order valence-electron chi connectivity index (χ3n) is 1.19. The first-order valence-corrected chi connectivity index (χ1v) is 3.27. The van der Waals surface area contributed by atoms with Crippen molar-refractivity contribution in [2.24, 2.45) is 0 Å². The van der Waals surface area contributed by atoms with Crippen LogP contribution in [-0.2, 0) is 0 Å². The molecule has 6 heteroatoms. The minimum Gasteiger partial charge on any atom is -0.478 e. The van der Waals surface area contributed by atoms with Gasteiger partial charge in [0.05, 0.1) is 5.56 Å². The third kappa shape index (κ3) is 1.96. The second kappa shape index (κ2) is 3.73. The van der Waals surface area contributed by atoms with Crippen molar-refractivity contribution in [2.75, 3.05) is 0 Å². The van der Waals surface area contributed by atoms with Gasteiger partial charge in [0.1, 0.15) is 0 Å². The number of aromatic carboxylic acids is 1. The largest absolute Gasteiger partial charge is 0.478 e. The average Bonchev–Trinajstić information content (AvgIpc) is 2.06. The summed E-state index contributed by atoms with van der Waals surface area (Å²) in [5.74, 6) is -0.666. The summed E-state index contributed by atoms with van der Waals surface area (Å²) >= 11 is 0. The van der Waals surface area contributed by atoms with Crippen LogP contribution in [-0.4, -0.2) is 24.0 Å². The smallest absolute Gasteiger partial charge is 0.337 e. The molecule has 62 valence electrons. The van der Waals surface area contributed by atoms with Crippen LogP contribution in [0.3, 0.4) is 0 Å². The van der Waals surface area contributed by atoms with Gasteiger partial charge in [-0.25, -0.2) is 15.2 Å². The minimum absolute atomic E-state index is 0.137. The number of carboxylic acids is 1. The van der Waals surface area contributed by atoms with E-state index in [4.69, 9.17) is 9.94 Å². The maximum atomic E-state index is 10.4. The first kappa shape index (κ1) is 8.54. The summed E-state index contributed by atoms with van der Waals surface area (Å²) in [6.07, 6.45) is 1.23. The Kier molecular flexibility index (Phi) is 2.65. The highest BCUT2D eigenvalue weighted by Gasteiger charge is 2.02. The number of rotatable bonds is 3. The summed E-state index contributed by atoms with van der Waals surface area (Å²) in [4.78, 5) is 18.9. The summed E-state index contributed by atoms with van der Waals surface area (Å²) < 4.78 is 0. The molecule has 0 unspecified atom stereocenters. The van der Waals surface area contributed by atoms with Gasteiger partial charge in [-0.2, -0.15) is 0 Å². The van der Waals surface area contributed by atoms with Gasteiger partial charge in [-0.1, -0.05) is 0 Å². The van der Waals surface area contributed by atoms with E-state index in [0.29, 0.717) is 5.88 Å². The molecule has 0 aliphatic heterocycles. The molecule has 0 radical (unpaired) electrons. The van der Waals surface area contributed by atoms with E-state index < -0.39 is 5.97 Å². The predicted molar refractivity (Wildman–Crippen MR) is 43.5 cm³/mol. The van der Waals surface area contributed by atoms with Crippen molar-refractivity contribution in [3.8, 4) is 5.88 Å². The van der Waals surface area contributed by atoms with Crippen LogP contribution >= 0.6 is 0 Å². The van der Waals surface area contributed by atoms with E-state index in [1.807, 2.05) is 0 Å². The maximum absolute atomic E-state index is 10.4. The van der Waals surface area contributed by atoms with Crippen molar-refractivity contribution in [2.45, 2.75) is 0 Å². The highest BCUT2D eigenvalue weighted by Crippen LogP contribution is 2.05. The fourth-order valence-electron chi connectivity index (χ4n) is 0.672.